The number of hydrogen-bond donors (Lipinski definition) is 7. The number of thioether (sulfide) groups is 1. The number of rotatable bonds is 14. The van der Waals surface area contributed by atoms with Crippen LogP contribution in [0.1, 0.15) is 32.6 Å². The molecular formula is C18H31N5O7S. The Morgan fingerprint density at radius 3 is 2.35 bits per heavy atom. The van der Waals surface area contributed by atoms with E-state index in [9.17, 15) is 29.1 Å². The normalized spacial score (nSPS) is 17.3. The predicted molar refractivity (Wildman–Crippen MR) is 113 cm³/mol. The van der Waals surface area contributed by atoms with Crippen molar-refractivity contribution in [2.24, 2.45) is 0 Å². The second-order valence-corrected chi connectivity index (χ2v) is 8.01. The molecule has 0 aromatic carbocycles. The number of carboxylic acids is 1. The zero-order chi connectivity index (χ0) is 23.2. The van der Waals surface area contributed by atoms with Gasteiger partial charge in [0, 0.05) is 37.1 Å². The Labute approximate surface area is 184 Å². The third kappa shape index (κ3) is 11.0. The summed E-state index contributed by atoms with van der Waals surface area (Å²) in [6.45, 7) is 1.03. The lowest BCUT2D eigenvalue weighted by molar-refractivity contribution is -0.138. The molecule has 0 aromatic rings. The van der Waals surface area contributed by atoms with Crippen LogP contribution < -0.4 is 26.6 Å². The van der Waals surface area contributed by atoms with Gasteiger partial charge >= 0.3 is 5.97 Å². The van der Waals surface area contributed by atoms with Gasteiger partial charge in [0.25, 0.3) is 0 Å². The maximum absolute atomic E-state index is 12.5. The molecule has 3 atom stereocenters. The number of carboxylic acid groups (broad SMARTS) is 1. The van der Waals surface area contributed by atoms with Crippen LogP contribution in [0.2, 0.25) is 0 Å². The average molecular weight is 462 g/mol. The molecule has 176 valence electrons. The zero-order valence-corrected chi connectivity index (χ0v) is 18.3. The van der Waals surface area contributed by atoms with Crippen molar-refractivity contribution >= 4 is 41.4 Å². The zero-order valence-electron chi connectivity index (χ0n) is 17.4. The van der Waals surface area contributed by atoms with Gasteiger partial charge in [-0.2, -0.15) is 0 Å². The molecule has 12 nitrogen and oxygen atoms in total. The molecule has 0 saturated carbocycles. The molecule has 0 spiro atoms. The van der Waals surface area contributed by atoms with E-state index in [1.54, 1.807) is 11.8 Å². The minimum atomic E-state index is -1.36. The summed E-state index contributed by atoms with van der Waals surface area (Å²) in [7, 11) is 0. The Bertz CT molecular complexity index is 643. The van der Waals surface area contributed by atoms with Crippen molar-refractivity contribution in [1.82, 2.24) is 26.6 Å². The third-order valence-corrected chi connectivity index (χ3v) is 5.36. The minimum absolute atomic E-state index is 0.0807. The molecule has 13 heteroatoms. The van der Waals surface area contributed by atoms with E-state index in [1.165, 1.54) is 0 Å². The van der Waals surface area contributed by atoms with Crippen molar-refractivity contribution in [3.63, 3.8) is 0 Å². The van der Waals surface area contributed by atoms with Crippen molar-refractivity contribution in [2.75, 3.05) is 31.3 Å². The van der Waals surface area contributed by atoms with E-state index in [-0.39, 0.29) is 37.8 Å². The lowest BCUT2D eigenvalue weighted by Crippen LogP contribution is -2.56. The maximum atomic E-state index is 12.5. The number of aliphatic hydroxyl groups excluding tert-OH is 1. The number of aliphatic hydroxyl groups is 1. The van der Waals surface area contributed by atoms with E-state index in [4.69, 9.17) is 5.11 Å². The van der Waals surface area contributed by atoms with E-state index < -0.39 is 42.4 Å². The maximum Gasteiger partial charge on any atom is 0.303 e. The molecule has 1 saturated heterocycles. The van der Waals surface area contributed by atoms with E-state index in [0.29, 0.717) is 13.0 Å². The van der Waals surface area contributed by atoms with Crippen LogP contribution in [-0.2, 0) is 24.0 Å². The summed E-state index contributed by atoms with van der Waals surface area (Å²) >= 11 is 1.68. The number of carbonyl (C=O) groups is 5. The Hall–Kier alpha value is -2.38. The number of hydrogen-bond acceptors (Lipinski definition) is 8. The quantitative estimate of drug-likeness (QED) is 0.147. The van der Waals surface area contributed by atoms with E-state index in [1.807, 2.05) is 6.92 Å². The van der Waals surface area contributed by atoms with Gasteiger partial charge < -0.3 is 36.8 Å². The second-order valence-electron chi connectivity index (χ2n) is 6.98. The SMILES string of the molecule is CCCC(=O)NCC(=O)NC(CO)C(=O)NC(CCC(=O)O)C(=O)NCC1CSCN1. The Morgan fingerprint density at radius 1 is 1.03 bits per heavy atom. The molecule has 1 fully saturated rings. The number of amides is 4. The van der Waals surface area contributed by atoms with Gasteiger partial charge in [0.15, 0.2) is 0 Å². The first-order valence-electron chi connectivity index (χ1n) is 10.0. The summed E-state index contributed by atoms with van der Waals surface area (Å²) in [4.78, 5) is 59.2. The average Bonchev–Trinajstić information content (AvgIpc) is 3.25. The van der Waals surface area contributed by atoms with Gasteiger partial charge in [0.05, 0.1) is 13.2 Å². The third-order valence-electron chi connectivity index (χ3n) is 4.35. The molecule has 1 aliphatic rings. The number of aliphatic carboxylic acids is 1. The first-order chi connectivity index (χ1) is 14.8. The standard InChI is InChI=1S/C18H31N5O7S/c1-2-3-14(25)19-7-15(26)22-13(8-24)18(30)23-12(4-5-16(27)28)17(29)20-6-11-9-31-10-21-11/h11-13,21,24H,2-10H2,1H3,(H,19,25)(H,20,29)(H,22,26)(H,23,30)(H,27,28). The van der Waals surface area contributed by atoms with Gasteiger partial charge in [-0.15, -0.1) is 11.8 Å². The molecule has 0 aromatic heterocycles. The van der Waals surface area contributed by atoms with Gasteiger partial charge in [-0.1, -0.05) is 6.92 Å². The summed E-state index contributed by atoms with van der Waals surface area (Å²) in [5.74, 6) is -1.93. The van der Waals surface area contributed by atoms with Gasteiger partial charge in [-0.3, -0.25) is 24.0 Å². The van der Waals surface area contributed by atoms with E-state index >= 15 is 0 Å². The van der Waals surface area contributed by atoms with E-state index in [2.05, 4.69) is 26.6 Å². The highest BCUT2D eigenvalue weighted by atomic mass is 32.2. The van der Waals surface area contributed by atoms with Gasteiger partial charge in [-0.25, -0.2) is 0 Å². The lowest BCUT2D eigenvalue weighted by Gasteiger charge is -2.22. The topological polar surface area (TPSA) is 186 Å². The van der Waals surface area contributed by atoms with Gasteiger partial charge in [0.1, 0.15) is 12.1 Å². The van der Waals surface area contributed by atoms with Crippen LogP contribution in [0.25, 0.3) is 0 Å². The van der Waals surface area contributed by atoms with Crippen LogP contribution in [0.5, 0.6) is 0 Å². The fourth-order valence-corrected chi connectivity index (χ4v) is 3.65. The Balaban J connectivity index is 2.61. The predicted octanol–water partition coefficient (Wildman–Crippen LogP) is -2.49. The number of carbonyl (C=O) groups excluding carboxylic acids is 4. The monoisotopic (exact) mass is 461 g/mol. The summed E-state index contributed by atoms with van der Waals surface area (Å²) in [5.41, 5.74) is 0. The molecule has 7 N–H and O–H groups in total. The van der Waals surface area contributed by atoms with Crippen molar-refractivity contribution in [3.05, 3.63) is 0 Å². The molecule has 31 heavy (non-hydrogen) atoms. The second kappa shape index (κ2) is 14.6. The Morgan fingerprint density at radius 2 is 1.77 bits per heavy atom. The lowest BCUT2D eigenvalue weighted by atomic mass is 10.1. The van der Waals surface area contributed by atoms with Crippen LogP contribution in [0.15, 0.2) is 0 Å². The van der Waals surface area contributed by atoms with Crippen LogP contribution in [-0.4, -0.2) is 89.3 Å². The molecule has 4 amide bonds. The van der Waals surface area contributed by atoms with Crippen molar-refractivity contribution < 1.29 is 34.2 Å². The Kier molecular flexibility index (Phi) is 12.5. The summed E-state index contributed by atoms with van der Waals surface area (Å²) < 4.78 is 0. The van der Waals surface area contributed by atoms with Crippen molar-refractivity contribution in [3.8, 4) is 0 Å². The fourth-order valence-electron chi connectivity index (χ4n) is 2.66. The van der Waals surface area contributed by atoms with Crippen LogP contribution in [0.3, 0.4) is 0 Å². The number of nitrogens with one attached hydrogen (secondary N) is 5. The van der Waals surface area contributed by atoms with E-state index in [0.717, 1.165) is 11.6 Å². The first-order valence-corrected chi connectivity index (χ1v) is 11.2. The summed E-state index contributed by atoms with van der Waals surface area (Å²) in [6, 6.07) is -2.42. The van der Waals surface area contributed by atoms with Crippen LogP contribution >= 0.6 is 11.8 Å². The highest BCUT2D eigenvalue weighted by Crippen LogP contribution is 2.08. The molecule has 1 heterocycles. The van der Waals surface area contributed by atoms with Crippen LogP contribution in [0, 0.1) is 0 Å². The summed E-state index contributed by atoms with van der Waals surface area (Å²) in [6.07, 6.45) is 0.367. The highest BCUT2D eigenvalue weighted by Gasteiger charge is 2.27. The molecule has 0 aliphatic carbocycles. The van der Waals surface area contributed by atoms with Gasteiger partial charge in [-0.05, 0) is 12.8 Å². The van der Waals surface area contributed by atoms with Gasteiger partial charge in [0.2, 0.25) is 23.6 Å². The largest absolute Gasteiger partial charge is 0.481 e. The first kappa shape index (κ1) is 26.7. The molecule has 1 rings (SSSR count). The fraction of sp³-hybridized carbons (Fsp3) is 0.722. The van der Waals surface area contributed by atoms with Crippen molar-refractivity contribution in [2.45, 2.75) is 50.7 Å². The minimum Gasteiger partial charge on any atom is -0.481 e. The van der Waals surface area contributed by atoms with Crippen molar-refractivity contribution in [1.29, 1.82) is 0 Å². The highest BCUT2D eigenvalue weighted by molar-refractivity contribution is 7.99. The molecular weight excluding hydrogens is 430 g/mol. The van der Waals surface area contributed by atoms with Crippen LogP contribution in [0.4, 0.5) is 0 Å². The molecule has 1 aliphatic heterocycles. The molecule has 0 radical (unpaired) electrons. The molecule has 0 bridgehead atoms. The smallest absolute Gasteiger partial charge is 0.303 e. The molecule has 3 unspecified atom stereocenters. The summed E-state index contributed by atoms with van der Waals surface area (Å²) in [5, 5.41) is 31.3.